The lowest BCUT2D eigenvalue weighted by Gasteiger charge is -2.36. The highest BCUT2D eigenvalue weighted by molar-refractivity contribution is 7.88. The van der Waals surface area contributed by atoms with Crippen LogP contribution < -0.4 is 0 Å². The molecule has 1 saturated heterocycles. The van der Waals surface area contributed by atoms with Crippen molar-refractivity contribution in [1.82, 2.24) is 9.21 Å². The van der Waals surface area contributed by atoms with E-state index in [0.29, 0.717) is 13.1 Å². The molecule has 5 heteroatoms. The third kappa shape index (κ3) is 3.44. The number of allylic oxidation sites excluding steroid dienone is 2. The van der Waals surface area contributed by atoms with Gasteiger partial charge >= 0.3 is 0 Å². The molecule has 3 atom stereocenters. The Morgan fingerprint density at radius 2 is 1.71 bits per heavy atom. The van der Waals surface area contributed by atoms with Crippen molar-refractivity contribution in [2.24, 2.45) is 17.8 Å². The lowest BCUT2D eigenvalue weighted by Crippen LogP contribution is -2.50. The smallest absolute Gasteiger partial charge is 0.218 e. The van der Waals surface area contributed by atoms with Crippen LogP contribution in [-0.2, 0) is 15.8 Å². The molecule has 1 aromatic rings. The Balaban J connectivity index is 1.30. The summed E-state index contributed by atoms with van der Waals surface area (Å²) in [6, 6.07) is 9.48. The Labute approximate surface area is 145 Å². The summed E-state index contributed by atoms with van der Waals surface area (Å²) in [4.78, 5) is 2.47. The Bertz CT molecular complexity index is 693. The molecule has 4 nitrogen and oxygen atoms in total. The first kappa shape index (κ1) is 16.3. The van der Waals surface area contributed by atoms with E-state index in [4.69, 9.17) is 0 Å². The van der Waals surface area contributed by atoms with Gasteiger partial charge in [-0.05, 0) is 36.2 Å². The summed E-state index contributed by atoms with van der Waals surface area (Å²) in [6.45, 7) is 4.13. The number of hydrogen-bond acceptors (Lipinski definition) is 3. The molecule has 2 fully saturated rings. The van der Waals surface area contributed by atoms with Crippen LogP contribution in [0, 0.1) is 17.8 Å². The molecule has 1 aromatic carbocycles. The van der Waals surface area contributed by atoms with E-state index in [0.717, 1.165) is 43.0 Å². The number of benzene rings is 1. The van der Waals surface area contributed by atoms with Gasteiger partial charge in [0.05, 0.1) is 5.75 Å². The van der Waals surface area contributed by atoms with Crippen LogP contribution in [0.1, 0.15) is 18.4 Å². The maximum Gasteiger partial charge on any atom is 0.218 e. The summed E-state index contributed by atoms with van der Waals surface area (Å²) in [5, 5.41) is 0. The zero-order valence-corrected chi connectivity index (χ0v) is 14.9. The van der Waals surface area contributed by atoms with Crippen molar-refractivity contribution in [3.05, 3.63) is 48.0 Å². The van der Waals surface area contributed by atoms with Crippen LogP contribution in [0.2, 0.25) is 0 Å². The van der Waals surface area contributed by atoms with Gasteiger partial charge in [-0.25, -0.2) is 8.42 Å². The predicted molar refractivity (Wildman–Crippen MR) is 95.9 cm³/mol. The van der Waals surface area contributed by atoms with Crippen molar-refractivity contribution < 1.29 is 8.42 Å². The van der Waals surface area contributed by atoms with Crippen molar-refractivity contribution in [3.8, 4) is 0 Å². The average molecular weight is 346 g/mol. The minimum atomic E-state index is -3.20. The average Bonchev–Trinajstić information content (AvgIpc) is 3.19. The fourth-order valence-electron chi connectivity index (χ4n) is 4.50. The summed E-state index contributed by atoms with van der Waals surface area (Å²) in [7, 11) is -3.20. The molecule has 0 N–H and O–H groups in total. The summed E-state index contributed by atoms with van der Waals surface area (Å²) >= 11 is 0. The third-order valence-electron chi connectivity index (χ3n) is 5.83. The second-order valence-corrected chi connectivity index (χ2v) is 9.45. The standard InChI is InChI=1S/C19H26N2O2S/c22-24(23,15-16-4-2-1-3-5-16)21-10-8-20(9-11-21)14-19-13-17-6-7-18(19)12-17/h1-7,17-19H,8-15H2/t17-,18+,19+/m1/s1. The molecular weight excluding hydrogens is 320 g/mol. The largest absolute Gasteiger partial charge is 0.300 e. The summed E-state index contributed by atoms with van der Waals surface area (Å²) < 4.78 is 26.9. The lowest BCUT2D eigenvalue weighted by atomic mass is 9.93. The predicted octanol–water partition coefficient (Wildman–Crippen LogP) is 2.35. The molecule has 0 unspecified atom stereocenters. The minimum absolute atomic E-state index is 0.116. The van der Waals surface area contributed by atoms with E-state index in [9.17, 15) is 8.42 Å². The van der Waals surface area contributed by atoms with Crippen molar-refractivity contribution in [2.75, 3.05) is 32.7 Å². The van der Waals surface area contributed by atoms with E-state index in [1.165, 1.54) is 12.8 Å². The van der Waals surface area contributed by atoms with Gasteiger partial charge in [0.2, 0.25) is 10.0 Å². The molecule has 0 spiro atoms. The number of hydrogen-bond donors (Lipinski definition) is 0. The number of sulfonamides is 1. The van der Waals surface area contributed by atoms with Crippen molar-refractivity contribution in [2.45, 2.75) is 18.6 Å². The van der Waals surface area contributed by atoms with Crippen LogP contribution in [0.15, 0.2) is 42.5 Å². The Kier molecular flexibility index (Phi) is 4.50. The Morgan fingerprint density at radius 1 is 0.958 bits per heavy atom. The SMILES string of the molecule is O=S(=O)(Cc1ccccc1)N1CCN(C[C@@H]2C[C@@H]3C=C[C@H]2C3)CC1. The monoisotopic (exact) mass is 346 g/mol. The van der Waals surface area contributed by atoms with Gasteiger partial charge < -0.3 is 4.90 Å². The molecule has 0 radical (unpaired) electrons. The highest BCUT2D eigenvalue weighted by Gasteiger charge is 2.37. The lowest BCUT2D eigenvalue weighted by molar-refractivity contribution is 0.156. The molecule has 1 aliphatic heterocycles. The number of fused-ring (bicyclic) bond motifs is 2. The second-order valence-electron chi connectivity index (χ2n) is 7.48. The molecule has 130 valence electrons. The molecule has 1 saturated carbocycles. The summed E-state index contributed by atoms with van der Waals surface area (Å²) in [5.74, 6) is 2.49. The highest BCUT2D eigenvalue weighted by atomic mass is 32.2. The summed E-state index contributed by atoms with van der Waals surface area (Å²) in [6.07, 6.45) is 7.46. The van der Waals surface area contributed by atoms with E-state index >= 15 is 0 Å². The van der Waals surface area contributed by atoms with Crippen LogP contribution >= 0.6 is 0 Å². The maximum atomic E-state index is 12.6. The first-order valence-corrected chi connectivity index (χ1v) is 10.6. The van der Waals surface area contributed by atoms with Gasteiger partial charge in [-0.3, -0.25) is 0 Å². The Hall–Kier alpha value is -1.17. The molecular formula is C19H26N2O2S. The van der Waals surface area contributed by atoms with Crippen LogP contribution in [0.4, 0.5) is 0 Å². The molecule has 4 rings (SSSR count). The van der Waals surface area contributed by atoms with Gasteiger partial charge in [0.15, 0.2) is 0 Å². The van der Waals surface area contributed by atoms with Crippen molar-refractivity contribution in [3.63, 3.8) is 0 Å². The van der Waals surface area contributed by atoms with Gasteiger partial charge in [0.25, 0.3) is 0 Å². The zero-order chi connectivity index (χ0) is 16.6. The van der Waals surface area contributed by atoms with Gasteiger partial charge in [0.1, 0.15) is 0 Å². The second kappa shape index (κ2) is 6.62. The number of piperazine rings is 1. The molecule has 24 heavy (non-hydrogen) atoms. The molecule has 0 aromatic heterocycles. The minimum Gasteiger partial charge on any atom is -0.300 e. The van der Waals surface area contributed by atoms with Gasteiger partial charge in [-0.1, -0.05) is 42.5 Å². The fraction of sp³-hybridized carbons (Fsp3) is 0.579. The van der Waals surface area contributed by atoms with Gasteiger partial charge in [0, 0.05) is 32.7 Å². The quantitative estimate of drug-likeness (QED) is 0.769. The van der Waals surface area contributed by atoms with Gasteiger partial charge in [-0.15, -0.1) is 0 Å². The van der Waals surface area contributed by atoms with Crippen LogP contribution in [0.3, 0.4) is 0 Å². The van der Waals surface area contributed by atoms with Crippen LogP contribution in [-0.4, -0.2) is 50.3 Å². The first-order valence-electron chi connectivity index (χ1n) is 9.02. The maximum absolute atomic E-state index is 12.6. The summed E-state index contributed by atoms with van der Waals surface area (Å²) in [5.41, 5.74) is 0.869. The third-order valence-corrected chi connectivity index (χ3v) is 7.68. The Morgan fingerprint density at radius 3 is 2.33 bits per heavy atom. The molecule has 3 aliphatic rings. The highest BCUT2D eigenvalue weighted by Crippen LogP contribution is 2.43. The van der Waals surface area contributed by atoms with E-state index in [2.05, 4.69) is 17.1 Å². The topological polar surface area (TPSA) is 40.6 Å². The van der Waals surface area contributed by atoms with E-state index in [1.54, 1.807) is 4.31 Å². The van der Waals surface area contributed by atoms with E-state index < -0.39 is 10.0 Å². The number of nitrogens with zero attached hydrogens (tertiary/aromatic N) is 2. The van der Waals surface area contributed by atoms with E-state index in [1.807, 2.05) is 30.3 Å². The normalized spacial score (nSPS) is 30.9. The molecule has 1 heterocycles. The van der Waals surface area contributed by atoms with E-state index in [-0.39, 0.29) is 5.75 Å². The van der Waals surface area contributed by atoms with Crippen LogP contribution in [0.25, 0.3) is 0 Å². The number of rotatable bonds is 5. The molecule has 0 amide bonds. The van der Waals surface area contributed by atoms with Crippen molar-refractivity contribution in [1.29, 1.82) is 0 Å². The van der Waals surface area contributed by atoms with Crippen molar-refractivity contribution >= 4 is 10.0 Å². The van der Waals surface area contributed by atoms with Crippen LogP contribution in [0.5, 0.6) is 0 Å². The fourth-order valence-corrected chi connectivity index (χ4v) is 6.02. The molecule has 2 bridgehead atoms. The first-order chi connectivity index (χ1) is 11.6. The van der Waals surface area contributed by atoms with Gasteiger partial charge in [-0.2, -0.15) is 4.31 Å². The zero-order valence-electron chi connectivity index (χ0n) is 14.0. The molecule has 2 aliphatic carbocycles.